The van der Waals surface area contributed by atoms with Gasteiger partial charge in [0.25, 0.3) is 5.91 Å². The quantitative estimate of drug-likeness (QED) is 0.921. The third-order valence-electron chi connectivity index (χ3n) is 3.66. The maximum atomic E-state index is 12.2. The number of benzene rings is 2. The molecule has 3 rings (SSSR count). The summed E-state index contributed by atoms with van der Waals surface area (Å²) in [6.45, 7) is 1.69. The predicted molar refractivity (Wildman–Crippen MR) is 86.5 cm³/mol. The minimum atomic E-state index is -0.139. The molecule has 23 heavy (non-hydrogen) atoms. The minimum absolute atomic E-state index is 0.139. The lowest BCUT2D eigenvalue weighted by Gasteiger charge is -2.18. The standard InChI is InChI=1S/C18H19NO4/c1-21-15-5-3-2-4-14(15)18(20)19-9-8-13-6-7-16-17(12-13)23-11-10-22-16/h2-7,12H,8-11H2,1H3,(H,19,20). The summed E-state index contributed by atoms with van der Waals surface area (Å²) in [7, 11) is 1.56. The highest BCUT2D eigenvalue weighted by molar-refractivity contribution is 5.96. The number of para-hydroxylation sites is 1. The van der Waals surface area contributed by atoms with E-state index in [2.05, 4.69) is 5.32 Å². The van der Waals surface area contributed by atoms with E-state index in [0.717, 1.165) is 23.5 Å². The molecule has 2 aromatic carbocycles. The predicted octanol–water partition coefficient (Wildman–Crippen LogP) is 2.44. The van der Waals surface area contributed by atoms with Gasteiger partial charge in [0.15, 0.2) is 11.5 Å². The van der Waals surface area contributed by atoms with Gasteiger partial charge in [-0.3, -0.25) is 4.79 Å². The van der Waals surface area contributed by atoms with Crippen LogP contribution >= 0.6 is 0 Å². The van der Waals surface area contributed by atoms with Crippen molar-refractivity contribution in [1.29, 1.82) is 0 Å². The van der Waals surface area contributed by atoms with Crippen molar-refractivity contribution in [1.82, 2.24) is 5.32 Å². The normalized spacial score (nSPS) is 12.6. The molecule has 0 aliphatic carbocycles. The number of carbonyl (C=O) groups excluding carboxylic acids is 1. The van der Waals surface area contributed by atoms with E-state index in [-0.39, 0.29) is 5.91 Å². The maximum absolute atomic E-state index is 12.2. The number of amides is 1. The molecular formula is C18H19NO4. The summed E-state index contributed by atoms with van der Waals surface area (Å²) in [5.74, 6) is 1.98. The van der Waals surface area contributed by atoms with Crippen LogP contribution in [0.4, 0.5) is 0 Å². The van der Waals surface area contributed by atoms with Crippen LogP contribution in [0.15, 0.2) is 42.5 Å². The van der Waals surface area contributed by atoms with Crippen molar-refractivity contribution >= 4 is 5.91 Å². The van der Waals surface area contributed by atoms with Crippen molar-refractivity contribution in [3.63, 3.8) is 0 Å². The first-order valence-corrected chi connectivity index (χ1v) is 7.57. The highest BCUT2D eigenvalue weighted by atomic mass is 16.6. The summed E-state index contributed by atoms with van der Waals surface area (Å²) in [4.78, 5) is 12.2. The van der Waals surface area contributed by atoms with Crippen molar-refractivity contribution in [2.75, 3.05) is 26.9 Å². The molecular weight excluding hydrogens is 294 g/mol. The zero-order valence-electron chi connectivity index (χ0n) is 13.0. The van der Waals surface area contributed by atoms with Gasteiger partial charge in [-0.2, -0.15) is 0 Å². The van der Waals surface area contributed by atoms with Crippen LogP contribution in [0.2, 0.25) is 0 Å². The molecule has 0 unspecified atom stereocenters. The first-order chi connectivity index (χ1) is 11.3. The molecule has 1 aliphatic rings. The largest absolute Gasteiger partial charge is 0.496 e. The summed E-state index contributed by atoms with van der Waals surface area (Å²) in [6, 6.07) is 13.0. The topological polar surface area (TPSA) is 56.8 Å². The summed E-state index contributed by atoms with van der Waals surface area (Å²) >= 11 is 0. The third-order valence-corrected chi connectivity index (χ3v) is 3.66. The van der Waals surface area contributed by atoms with Crippen LogP contribution in [0, 0.1) is 0 Å². The third kappa shape index (κ3) is 3.56. The second kappa shape index (κ2) is 7.05. The zero-order chi connectivity index (χ0) is 16.1. The Morgan fingerprint density at radius 1 is 1.13 bits per heavy atom. The van der Waals surface area contributed by atoms with Crippen molar-refractivity contribution in [2.45, 2.75) is 6.42 Å². The van der Waals surface area contributed by atoms with Gasteiger partial charge in [0, 0.05) is 6.54 Å². The molecule has 0 saturated heterocycles. The fourth-order valence-electron chi connectivity index (χ4n) is 2.49. The first kappa shape index (κ1) is 15.2. The smallest absolute Gasteiger partial charge is 0.255 e. The Hall–Kier alpha value is -2.69. The molecule has 0 spiro atoms. The summed E-state index contributed by atoms with van der Waals surface area (Å²) < 4.78 is 16.3. The van der Waals surface area contributed by atoms with Gasteiger partial charge in [0.05, 0.1) is 12.7 Å². The Morgan fingerprint density at radius 2 is 1.91 bits per heavy atom. The molecule has 5 heteroatoms. The number of ether oxygens (including phenoxy) is 3. The number of fused-ring (bicyclic) bond motifs is 1. The highest BCUT2D eigenvalue weighted by Gasteiger charge is 2.13. The van der Waals surface area contributed by atoms with E-state index >= 15 is 0 Å². The van der Waals surface area contributed by atoms with E-state index in [9.17, 15) is 4.79 Å². The van der Waals surface area contributed by atoms with Gasteiger partial charge in [-0.05, 0) is 36.2 Å². The molecule has 0 saturated carbocycles. The Labute approximate surface area is 135 Å². The van der Waals surface area contributed by atoms with Gasteiger partial charge in [-0.15, -0.1) is 0 Å². The Balaban J connectivity index is 1.58. The van der Waals surface area contributed by atoms with Gasteiger partial charge in [0.2, 0.25) is 0 Å². The van der Waals surface area contributed by atoms with Crippen molar-refractivity contribution in [3.05, 3.63) is 53.6 Å². The van der Waals surface area contributed by atoms with Crippen molar-refractivity contribution in [2.24, 2.45) is 0 Å². The highest BCUT2D eigenvalue weighted by Crippen LogP contribution is 2.30. The molecule has 1 heterocycles. The molecule has 0 radical (unpaired) electrons. The van der Waals surface area contributed by atoms with Crippen LogP contribution in [0.5, 0.6) is 17.2 Å². The number of hydrogen-bond donors (Lipinski definition) is 1. The number of carbonyl (C=O) groups is 1. The van der Waals surface area contributed by atoms with E-state index < -0.39 is 0 Å². The lowest BCUT2D eigenvalue weighted by Crippen LogP contribution is -2.26. The monoisotopic (exact) mass is 313 g/mol. The first-order valence-electron chi connectivity index (χ1n) is 7.57. The fraction of sp³-hybridized carbons (Fsp3) is 0.278. The van der Waals surface area contributed by atoms with Gasteiger partial charge >= 0.3 is 0 Å². The second-order valence-corrected chi connectivity index (χ2v) is 5.18. The number of rotatable bonds is 5. The Bertz CT molecular complexity index is 699. The van der Waals surface area contributed by atoms with Crippen LogP contribution in [0.3, 0.4) is 0 Å². The second-order valence-electron chi connectivity index (χ2n) is 5.18. The lowest BCUT2D eigenvalue weighted by molar-refractivity contribution is 0.0951. The van der Waals surface area contributed by atoms with Crippen molar-refractivity contribution < 1.29 is 19.0 Å². The molecule has 1 N–H and O–H groups in total. The van der Waals surface area contributed by atoms with E-state index in [1.807, 2.05) is 30.3 Å². The maximum Gasteiger partial charge on any atom is 0.255 e. The van der Waals surface area contributed by atoms with Gasteiger partial charge in [-0.25, -0.2) is 0 Å². The van der Waals surface area contributed by atoms with E-state index in [0.29, 0.717) is 31.1 Å². The molecule has 5 nitrogen and oxygen atoms in total. The molecule has 2 aromatic rings. The van der Waals surface area contributed by atoms with Crippen LogP contribution in [-0.2, 0) is 6.42 Å². The SMILES string of the molecule is COc1ccccc1C(=O)NCCc1ccc2c(c1)OCCO2. The summed E-state index contributed by atoms with van der Waals surface area (Å²) in [6.07, 6.45) is 0.720. The molecule has 0 fully saturated rings. The molecule has 1 amide bonds. The van der Waals surface area contributed by atoms with E-state index in [1.54, 1.807) is 19.2 Å². The molecule has 1 aliphatic heterocycles. The summed E-state index contributed by atoms with van der Waals surface area (Å²) in [5.41, 5.74) is 1.63. The van der Waals surface area contributed by atoms with Crippen molar-refractivity contribution in [3.8, 4) is 17.2 Å². The average molecular weight is 313 g/mol. The number of nitrogens with one attached hydrogen (secondary N) is 1. The van der Waals surface area contributed by atoms with Crippen LogP contribution < -0.4 is 19.5 Å². The Kier molecular flexibility index (Phi) is 4.66. The van der Waals surface area contributed by atoms with Gasteiger partial charge in [0.1, 0.15) is 19.0 Å². The molecule has 0 aromatic heterocycles. The van der Waals surface area contributed by atoms with E-state index in [4.69, 9.17) is 14.2 Å². The lowest BCUT2D eigenvalue weighted by atomic mass is 10.1. The van der Waals surface area contributed by atoms with Gasteiger partial charge < -0.3 is 19.5 Å². The zero-order valence-corrected chi connectivity index (χ0v) is 13.0. The van der Waals surface area contributed by atoms with Crippen LogP contribution in [-0.4, -0.2) is 32.8 Å². The minimum Gasteiger partial charge on any atom is -0.496 e. The summed E-state index contributed by atoms with van der Waals surface area (Å²) in [5, 5.41) is 2.91. The molecule has 120 valence electrons. The molecule has 0 atom stereocenters. The van der Waals surface area contributed by atoms with Crippen LogP contribution in [0.25, 0.3) is 0 Å². The fourth-order valence-corrected chi connectivity index (χ4v) is 2.49. The van der Waals surface area contributed by atoms with Crippen LogP contribution in [0.1, 0.15) is 15.9 Å². The van der Waals surface area contributed by atoms with Gasteiger partial charge in [-0.1, -0.05) is 18.2 Å². The number of methoxy groups -OCH3 is 1. The Morgan fingerprint density at radius 3 is 2.74 bits per heavy atom. The molecule has 0 bridgehead atoms. The van der Waals surface area contributed by atoms with E-state index in [1.165, 1.54) is 0 Å². The average Bonchev–Trinajstić information content (AvgIpc) is 2.61. The number of hydrogen-bond acceptors (Lipinski definition) is 4.